The minimum atomic E-state index is -0.279. The average Bonchev–Trinajstić information content (AvgIpc) is 2.58. The minimum absolute atomic E-state index is 0.0798. The fraction of sp³-hybridized carbons (Fsp3) is 0.385. The lowest BCUT2D eigenvalue weighted by Crippen LogP contribution is -2.38. The number of hydrogen-bond acceptors (Lipinski definition) is 4. The van der Waals surface area contributed by atoms with Gasteiger partial charge in [0.25, 0.3) is 0 Å². The van der Waals surface area contributed by atoms with Crippen molar-refractivity contribution in [3.05, 3.63) is 22.2 Å². The smallest absolute Gasteiger partial charge is 0.238 e. The summed E-state index contributed by atoms with van der Waals surface area (Å²) in [5, 5.41) is 5.97. The number of nitrogen functional groups attached to an aromatic ring is 1. The molecule has 21 heavy (non-hydrogen) atoms. The predicted molar refractivity (Wildman–Crippen MR) is 83.6 cm³/mol. The zero-order valence-corrected chi connectivity index (χ0v) is 12.8. The Morgan fingerprint density at radius 3 is 2.71 bits per heavy atom. The predicted octanol–water partition coefficient (Wildman–Crippen LogP) is 1.34. The van der Waals surface area contributed by atoms with E-state index >= 15 is 0 Å². The first-order valence-electron chi connectivity index (χ1n) is 6.49. The summed E-state index contributed by atoms with van der Waals surface area (Å²) in [5.41, 5.74) is 6.36. The van der Waals surface area contributed by atoms with E-state index in [1.807, 2.05) is 0 Å². The Bertz CT molecular complexity index is 542. The summed E-state index contributed by atoms with van der Waals surface area (Å²) in [6.07, 6.45) is 0.808. The molecule has 0 aromatic heterocycles. The Kier molecular flexibility index (Phi) is 5.27. The molecule has 1 aromatic rings. The highest BCUT2D eigenvalue weighted by atomic mass is 35.5. The maximum atomic E-state index is 12.1. The lowest BCUT2D eigenvalue weighted by molar-refractivity contribution is -0.122. The second kappa shape index (κ2) is 6.98. The van der Waals surface area contributed by atoms with Crippen LogP contribution in [0.4, 0.5) is 11.4 Å². The summed E-state index contributed by atoms with van der Waals surface area (Å²) in [7, 11) is 0. The van der Waals surface area contributed by atoms with Crippen molar-refractivity contribution < 1.29 is 9.59 Å². The second-order valence-electron chi connectivity index (χ2n) is 4.82. The Morgan fingerprint density at radius 2 is 2.05 bits per heavy atom. The summed E-state index contributed by atoms with van der Waals surface area (Å²) in [4.78, 5) is 25.3. The fourth-order valence-electron chi connectivity index (χ4n) is 2.10. The lowest BCUT2D eigenvalue weighted by Gasteiger charge is -2.18. The second-order valence-corrected chi connectivity index (χ2v) is 5.64. The van der Waals surface area contributed by atoms with Crippen molar-refractivity contribution in [1.82, 2.24) is 10.2 Å². The summed E-state index contributed by atoms with van der Waals surface area (Å²) < 4.78 is 0. The Hall–Kier alpha value is -1.50. The van der Waals surface area contributed by atoms with Crippen LogP contribution >= 0.6 is 23.2 Å². The molecule has 1 heterocycles. The largest absolute Gasteiger partial charge is 0.399 e. The van der Waals surface area contributed by atoms with Crippen molar-refractivity contribution >= 4 is 46.4 Å². The fourth-order valence-corrected chi connectivity index (χ4v) is 2.70. The van der Waals surface area contributed by atoms with Crippen LogP contribution in [0.15, 0.2) is 12.1 Å². The molecule has 4 N–H and O–H groups in total. The van der Waals surface area contributed by atoms with Gasteiger partial charge in [-0.3, -0.25) is 14.5 Å². The number of hydrogen-bond donors (Lipinski definition) is 3. The molecule has 0 aliphatic carbocycles. The quantitative estimate of drug-likeness (QED) is 0.730. The van der Waals surface area contributed by atoms with Crippen molar-refractivity contribution in [3.8, 4) is 0 Å². The van der Waals surface area contributed by atoms with Gasteiger partial charge in [-0.25, -0.2) is 0 Å². The molecule has 1 aliphatic rings. The number of halogens is 2. The van der Waals surface area contributed by atoms with E-state index in [0.29, 0.717) is 24.5 Å². The monoisotopic (exact) mass is 330 g/mol. The number of nitrogens with zero attached hydrogens (tertiary/aromatic N) is 1. The van der Waals surface area contributed by atoms with Gasteiger partial charge in [-0.05, 0) is 18.6 Å². The molecule has 0 unspecified atom stereocenters. The van der Waals surface area contributed by atoms with E-state index in [4.69, 9.17) is 28.9 Å². The molecule has 2 rings (SSSR count). The van der Waals surface area contributed by atoms with E-state index in [0.717, 1.165) is 6.42 Å². The third kappa shape index (κ3) is 4.49. The summed E-state index contributed by atoms with van der Waals surface area (Å²) in [5.74, 6) is -0.359. The van der Waals surface area contributed by atoms with Crippen LogP contribution in [-0.2, 0) is 9.59 Å². The molecular weight excluding hydrogens is 315 g/mol. The minimum Gasteiger partial charge on any atom is -0.399 e. The number of rotatable bonds is 3. The van der Waals surface area contributed by atoms with Crippen LogP contribution in [0.25, 0.3) is 0 Å². The van der Waals surface area contributed by atoms with Crippen molar-refractivity contribution in [2.24, 2.45) is 0 Å². The Labute approximate surface area is 132 Å². The molecular formula is C13H16Cl2N4O2. The van der Waals surface area contributed by atoms with E-state index in [1.165, 1.54) is 12.1 Å². The van der Waals surface area contributed by atoms with E-state index in [-0.39, 0.29) is 34.9 Å². The number of nitrogens with two attached hydrogens (primary N) is 1. The van der Waals surface area contributed by atoms with Gasteiger partial charge < -0.3 is 16.4 Å². The van der Waals surface area contributed by atoms with Crippen LogP contribution < -0.4 is 16.4 Å². The zero-order valence-electron chi connectivity index (χ0n) is 11.3. The summed E-state index contributed by atoms with van der Waals surface area (Å²) in [6, 6.07) is 3.03. The van der Waals surface area contributed by atoms with Crippen LogP contribution in [-0.4, -0.2) is 42.9 Å². The first-order chi connectivity index (χ1) is 9.95. The van der Waals surface area contributed by atoms with Gasteiger partial charge in [-0.15, -0.1) is 0 Å². The molecule has 1 aromatic carbocycles. The summed E-state index contributed by atoms with van der Waals surface area (Å²) in [6.45, 7) is 1.61. The number of carbonyl (C=O) groups is 2. The van der Waals surface area contributed by atoms with Gasteiger partial charge in [0, 0.05) is 18.8 Å². The molecule has 8 heteroatoms. The normalized spacial score (nSPS) is 16.2. The van der Waals surface area contributed by atoms with Crippen molar-refractivity contribution in [2.45, 2.75) is 6.42 Å². The number of anilines is 2. The van der Waals surface area contributed by atoms with Gasteiger partial charge in [0.15, 0.2) is 0 Å². The van der Waals surface area contributed by atoms with Gasteiger partial charge in [-0.2, -0.15) is 0 Å². The highest BCUT2D eigenvalue weighted by Crippen LogP contribution is 2.32. The van der Waals surface area contributed by atoms with Crippen LogP contribution in [0.5, 0.6) is 0 Å². The SMILES string of the molecule is Nc1cc(Cl)c(NC(=O)CN2CCCNC(=O)C2)c(Cl)c1. The molecule has 2 amide bonds. The van der Waals surface area contributed by atoms with Crippen LogP contribution in [0.2, 0.25) is 10.0 Å². The Morgan fingerprint density at radius 1 is 1.38 bits per heavy atom. The lowest BCUT2D eigenvalue weighted by atomic mass is 10.2. The van der Waals surface area contributed by atoms with E-state index in [1.54, 1.807) is 4.90 Å². The van der Waals surface area contributed by atoms with Crippen molar-refractivity contribution in [3.63, 3.8) is 0 Å². The number of benzene rings is 1. The first-order valence-corrected chi connectivity index (χ1v) is 7.24. The summed E-state index contributed by atoms with van der Waals surface area (Å²) >= 11 is 12.0. The van der Waals surface area contributed by atoms with Gasteiger partial charge in [0.05, 0.1) is 28.8 Å². The van der Waals surface area contributed by atoms with Crippen LogP contribution in [0.3, 0.4) is 0 Å². The van der Waals surface area contributed by atoms with Gasteiger partial charge in [0.1, 0.15) is 0 Å². The van der Waals surface area contributed by atoms with E-state index in [2.05, 4.69) is 10.6 Å². The molecule has 1 fully saturated rings. The van der Waals surface area contributed by atoms with Crippen LogP contribution in [0.1, 0.15) is 6.42 Å². The number of nitrogens with one attached hydrogen (secondary N) is 2. The molecule has 1 saturated heterocycles. The third-order valence-corrected chi connectivity index (χ3v) is 3.63. The van der Waals surface area contributed by atoms with Crippen molar-refractivity contribution in [1.29, 1.82) is 0 Å². The average molecular weight is 331 g/mol. The molecule has 1 aliphatic heterocycles. The van der Waals surface area contributed by atoms with Gasteiger partial charge in [-0.1, -0.05) is 23.2 Å². The first kappa shape index (κ1) is 15.9. The topological polar surface area (TPSA) is 87.5 Å². The Balaban J connectivity index is 2.00. The molecule has 0 atom stereocenters. The van der Waals surface area contributed by atoms with Gasteiger partial charge in [0.2, 0.25) is 11.8 Å². The molecule has 0 spiro atoms. The van der Waals surface area contributed by atoms with Crippen molar-refractivity contribution in [2.75, 3.05) is 37.2 Å². The molecule has 0 bridgehead atoms. The molecule has 0 saturated carbocycles. The third-order valence-electron chi connectivity index (χ3n) is 3.04. The standard InChI is InChI=1S/C13H16Cl2N4O2/c14-9-4-8(16)5-10(15)13(9)18-12(21)7-19-3-1-2-17-11(20)6-19/h4-5H,1-3,6-7,16H2,(H,17,20)(H,18,21). The zero-order chi connectivity index (χ0) is 15.4. The van der Waals surface area contributed by atoms with Gasteiger partial charge >= 0.3 is 0 Å². The van der Waals surface area contributed by atoms with E-state index < -0.39 is 0 Å². The highest BCUT2D eigenvalue weighted by Gasteiger charge is 2.18. The maximum absolute atomic E-state index is 12.1. The molecule has 114 valence electrons. The number of amides is 2. The molecule has 6 nitrogen and oxygen atoms in total. The molecule has 0 radical (unpaired) electrons. The van der Waals surface area contributed by atoms with Crippen LogP contribution in [0, 0.1) is 0 Å². The van der Waals surface area contributed by atoms with E-state index in [9.17, 15) is 9.59 Å². The highest BCUT2D eigenvalue weighted by molar-refractivity contribution is 6.40. The number of carbonyl (C=O) groups excluding carboxylic acids is 2. The maximum Gasteiger partial charge on any atom is 0.238 e.